The highest BCUT2D eigenvalue weighted by Gasteiger charge is 2.09. The molecule has 0 radical (unpaired) electrons. The highest BCUT2D eigenvalue weighted by Crippen LogP contribution is 2.28. The van der Waals surface area contributed by atoms with Crippen molar-refractivity contribution >= 4 is 29.9 Å². The summed E-state index contributed by atoms with van der Waals surface area (Å²) in [5.41, 5.74) is 2.24. The number of aliphatic hydroxyl groups is 1. The predicted molar refractivity (Wildman–Crippen MR) is 123 cm³/mol. The lowest BCUT2D eigenvalue weighted by Crippen LogP contribution is -2.38. The number of benzene rings is 1. The Morgan fingerprint density at radius 3 is 2.68 bits per heavy atom. The van der Waals surface area contributed by atoms with E-state index < -0.39 is 0 Å². The summed E-state index contributed by atoms with van der Waals surface area (Å²) >= 11 is 0. The molecular weight excluding hydrogens is 471 g/mol. The molecule has 28 heavy (non-hydrogen) atoms. The van der Waals surface area contributed by atoms with Gasteiger partial charge in [0.15, 0.2) is 17.5 Å². The number of ether oxygens (including phenoxy) is 2. The first-order chi connectivity index (χ1) is 13.1. The molecule has 2 rings (SSSR count). The maximum Gasteiger partial charge on any atom is 0.194 e. The maximum absolute atomic E-state index is 8.91. The Balaban J connectivity index is 0.00000392. The monoisotopic (exact) mass is 502 g/mol. The van der Waals surface area contributed by atoms with Crippen molar-refractivity contribution in [2.75, 3.05) is 33.9 Å². The van der Waals surface area contributed by atoms with Gasteiger partial charge < -0.3 is 29.4 Å². The molecule has 0 aliphatic carbocycles. The van der Waals surface area contributed by atoms with Crippen LogP contribution in [0.4, 0.5) is 0 Å². The van der Waals surface area contributed by atoms with Crippen LogP contribution in [0.15, 0.2) is 41.5 Å². The number of nitrogens with one attached hydrogen (secondary N) is 1. The van der Waals surface area contributed by atoms with Crippen LogP contribution in [0.1, 0.15) is 18.2 Å². The highest BCUT2D eigenvalue weighted by atomic mass is 127. The van der Waals surface area contributed by atoms with E-state index in [4.69, 9.17) is 19.6 Å². The Morgan fingerprint density at radius 2 is 2.07 bits per heavy atom. The van der Waals surface area contributed by atoms with Crippen molar-refractivity contribution in [1.82, 2.24) is 14.8 Å². The number of nitrogens with zero attached hydrogens (tertiary/aromatic N) is 3. The second-order valence-corrected chi connectivity index (χ2v) is 6.19. The summed E-state index contributed by atoms with van der Waals surface area (Å²) in [4.78, 5) is 6.85. The first-order valence-electron chi connectivity index (χ1n) is 9.09. The van der Waals surface area contributed by atoms with Crippen LogP contribution in [0.5, 0.6) is 11.5 Å². The molecule has 7 nitrogen and oxygen atoms in total. The molecule has 0 unspecified atom stereocenters. The predicted octanol–water partition coefficient (Wildman–Crippen LogP) is 2.62. The van der Waals surface area contributed by atoms with Gasteiger partial charge in [0.05, 0.1) is 26.8 Å². The van der Waals surface area contributed by atoms with Crippen molar-refractivity contribution in [2.24, 2.45) is 12.0 Å². The zero-order chi connectivity index (χ0) is 19.6. The zero-order valence-electron chi connectivity index (χ0n) is 17.0. The molecule has 0 spiro atoms. The van der Waals surface area contributed by atoms with Crippen LogP contribution < -0.4 is 14.8 Å². The third-order valence-electron chi connectivity index (χ3n) is 4.14. The van der Waals surface area contributed by atoms with Crippen molar-refractivity contribution in [2.45, 2.75) is 20.0 Å². The number of methoxy groups -OCH3 is 1. The molecule has 1 aromatic heterocycles. The summed E-state index contributed by atoms with van der Waals surface area (Å²) < 4.78 is 13.0. The van der Waals surface area contributed by atoms with E-state index in [1.807, 2.05) is 44.6 Å². The quantitative estimate of drug-likeness (QED) is 0.314. The Kier molecular flexibility index (Phi) is 10.8. The molecule has 1 heterocycles. The number of halogens is 1. The van der Waals surface area contributed by atoms with Gasteiger partial charge in [-0.05, 0) is 36.8 Å². The number of aliphatic imine (C=N–C) groups is 1. The number of aliphatic hydroxyl groups excluding tert-OH is 1. The molecule has 0 saturated heterocycles. The zero-order valence-corrected chi connectivity index (χ0v) is 19.3. The van der Waals surface area contributed by atoms with Crippen molar-refractivity contribution in [1.29, 1.82) is 0 Å². The smallest absolute Gasteiger partial charge is 0.194 e. The first kappa shape index (κ1) is 24.1. The molecule has 0 bridgehead atoms. The fourth-order valence-corrected chi connectivity index (χ4v) is 2.70. The number of guanidine groups is 1. The SMILES string of the molecule is CCNC(=NCc1ccc(OCCO)c(OC)c1)N(C)Cc1cccn1C.I. The van der Waals surface area contributed by atoms with E-state index in [0.29, 0.717) is 18.0 Å². The van der Waals surface area contributed by atoms with Crippen LogP contribution in [-0.4, -0.2) is 54.4 Å². The van der Waals surface area contributed by atoms with Crippen LogP contribution in [0.25, 0.3) is 0 Å². The second-order valence-electron chi connectivity index (χ2n) is 6.19. The third-order valence-corrected chi connectivity index (χ3v) is 4.14. The van der Waals surface area contributed by atoms with Gasteiger partial charge in [-0.1, -0.05) is 6.07 Å². The first-order valence-corrected chi connectivity index (χ1v) is 9.09. The van der Waals surface area contributed by atoms with Crippen LogP contribution in [-0.2, 0) is 20.1 Å². The molecule has 0 aliphatic rings. The van der Waals surface area contributed by atoms with Gasteiger partial charge in [0.2, 0.25) is 0 Å². The van der Waals surface area contributed by atoms with Crippen molar-refractivity contribution in [3.8, 4) is 11.5 Å². The van der Waals surface area contributed by atoms with Crippen molar-refractivity contribution in [3.63, 3.8) is 0 Å². The molecule has 0 fully saturated rings. The minimum absolute atomic E-state index is 0. The van der Waals surface area contributed by atoms with Crippen LogP contribution in [0.3, 0.4) is 0 Å². The normalized spacial score (nSPS) is 11.0. The summed E-state index contributed by atoms with van der Waals surface area (Å²) in [6.07, 6.45) is 2.04. The summed E-state index contributed by atoms with van der Waals surface area (Å²) in [6.45, 7) is 4.36. The number of hydrogen-bond acceptors (Lipinski definition) is 4. The molecule has 0 amide bonds. The molecule has 2 aromatic rings. The molecule has 156 valence electrons. The van der Waals surface area contributed by atoms with Gasteiger partial charge in [0.1, 0.15) is 6.61 Å². The van der Waals surface area contributed by atoms with E-state index in [9.17, 15) is 0 Å². The van der Waals surface area contributed by atoms with Gasteiger partial charge in [0.25, 0.3) is 0 Å². The molecule has 0 saturated carbocycles. The topological polar surface area (TPSA) is 71.2 Å². The van der Waals surface area contributed by atoms with Gasteiger partial charge in [-0.2, -0.15) is 0 Å². The number of rotatable bonds is 9. The van der Waals surface area contributed by atoms with Gasteiger partial charge in [0, 0.05) is 32.5 Å². The highest BCUT2D eigenvalue weighted by molar-refractivity contribution is 14.0. The summed E-state index contributed by atoms with van der Waals surface area (Å²) in [6, 6.07) is 9.87. The standard InChI is InChI=1S/C20H30N4O3.HI/c1-5-21-20(24(3)15-17-7-6-10-23(17)2)22-14-16-8-9-18(27-12-11-25)19(13-16)26-4;/h6-10,13,25H,5,11-12,14-15H2,1-4H3,(H,21,22);1H. The van der Waals surface area contributed by atoms with Gasteiger partial charge in [-0.25, -0.2) is 4.99 Å². The number of aryl methyl sites for hydroxylation is 1. The Morgan fingerprint density at radius 1 is 1.29 bits per heavy atom. The summed E-state index contributed by atoms with van der Waals surface area (Å²) in [5, 5.41) is 12.2. The fourth-order valence-electron chi connectivity index (χ4n) is 2.70. The van der Waals surface area contributed by atoms with E-state index in [2.05, 4.69) is 27.8 Å². The lowest BCUT2D eigenvalue weighted by atomic mass is 10.2. The molecular formula is C20H31IN4O3. The molecule has 8 heteroatoms. The molecule has 0 atom stereocenters. The largest absolute Gasteiger partial charge is 0.493 e. The van der Waals surface area contributed by atoms with E-state index >= 15 is 0 Å². The summed E-state index contributed by atoms with van der Waals surface area (Å²) in [7, 11) is 5.67. The number of hydrogen-bond donors (Lipinski definition) is 2. The van der Waals surface area contributed by atoms with E-state index in [0.717, 1.165) is 24.6 Å². The van der Waals surface area contributed by atoms with Crippen molar-refractivity contribution < 1.29 is 14.6 Å². The molecule has 2 N–H and O–H groups in total. The number of aromatic nitrogens is 1. The van der Waals surface area contributed by atoms with Crippen LogP contribution in [0, 0.1) is 0 Å². The fraction of sp³-hybridized carbons (Fsp3) is 0.450. The Hall–Kier alpha value is -1.94. The van der Waals surface area contributed by atoms with Gasteiger partial charge >= 0.3 is 0 Å². The summed E-state index contributed by atoms with van der Waals surface area (Å²) in [5.74, 6) is 2.10. The molecule has 1 aromatic carbocycles. The third kappa shape index (κ3) is 6.90. The maximum atomic E-state index is 8.91. The minimum Gasteiger partial charge on any atom is -0.493 e. The average molecular weight is 502 g/mol. The Labute approximate surface area is 184 Å². The van der Waals surface area contributed by atoms with Crippen LogP contribution in [0.2, 0.25) is 0 Å². The van der Waals surface area contributed by atoms with E-state index in [1.54, 1.807) is 7.11 Å². The van der Waals surface area contributed by atoms with E-state index in [1.165, 1.54) is 5.69 Å². The van der Waals surface area contributed by atoms with Crippen molar-refractivity contribution in [3.05, 3.63) is 47.8 Å². The Bertz CT molecular complexity index is 749. The van der Waals surface area contributed by atoms with Gasteiger partial charge in [-0.15, -0.1) is 24.0 Å². The average Bonchev–Trinajstić information content (AvgIpc) is 3.08. The van der Waals surface area contributed by atoms with Crippen LogP contribution >= 0.6 is 24.0 Å². The van der Waals surface area contributed by atoms with Gasteiger partial charge in [-0.3, -0.25) is 0 Å². The lowest BCUT2D eigenvalue weighted by Gasteiger charge is -2.22. The molecule has 0 aliphatic heterocycles. The lowest BCUT2D eigenvalue weighted by molar-refractivity contribution is 0.196. The minimum atomic E-state index is -0.0330. The van der Waals surface area contributed by atoms with E-state index in [-0.39, 0.29) is 37.2 Å². The second kappa shape index (κ2) is 12.5.